The van der Waals surface area contributed by atoms with E-state index in [2.05, 4.69) is 15.6 Å². The van der Waals surface area contributed by atoms with Gasteiger partial charge in [0.1, 0.15) is 5.54 Å². The molecular weight excluding hydrogens is 242 g/mol. The molecule has 1 spiro atoms. The Balaban J connectivity index is 2.25. The molecule has 1 unspecified atom stereocenters. The summed E-state index contributed by atoms with van der Waals surface area (Å²) in [4.78, 5) is 16.1. The minimum atomic E-state index is -3.14. The van der Waals surface area contributed by atoms with Crippen LogP contribution in [0.2, 0.25) is 0 Å². The number of hydrogen-bond acceptors (Lipinski definition) is 4. The van der Waals surface area contributed by atoms with Crippen LogP contribution < -0.4 is 10.6 Å². The van der Waals surface area contributed by atoms with Gasteiger partial charge in [0.05, 0.1) is 11.5 Å². The van der Waals surface area contributed by atoms with E-state index in [1.165, 1.54) is 0 Å². The molecule has 1 amide bonds. The third-order valence-electron chi connectivity index (χ3n) is 2.94. The van der Waals surface area contributed by atoms with E-state index in [0.29, 0.717) is 18.8 Å². The highest BCUT2D eigenvalue weighted by Gasteiger charge is 2.50. The molecule has 0 bridgehead atoms. The summed E-state index contributed by atoms with van der Waals surface area (Å²) in [6, 6.07) is 0.0492. The summed E-state index contributed by atoms with van der Waals surface area (Å²) < 4.78 is 23.3. The van der Waals surface area contributed by atoms with Crippen molar-refractivity contribution >= 4 is 21.7 Å². The van der Waals surface area contributed by atoms with Crippen LogP contribution in [0.3, 0.4) is 0 Å². The quantitative estimate of drug-likeness (QED) is 0.659. The molecule has 0 radical (unpaired) electrons. The molecule has 0 aromatic heterocycles. The van der Waals surface area contributed by atoms with Crippen molar-refractivity contribution < 1.29 is 13.2 Å². The number of amides is 1. The fourth-order valence-electron chi connectivity index (χ4n) is 2.26. The number of guanidine groups is 1. The summed E-state index contributed by atoms with van der Waals surface area (Å²) in [5, 5.41) is 5.57. The molecule has 2 rings (SSSR count). The van der Waals surface area contributed by atoms with Crippen molar-refractivity contribution in [3.63, 3.8) is 0 Å². The van der Waals surface area contributed by atoms with Crippen molar-refractivity contribution in [3.05, 3.63) is 0 Å². The molecule has 0 saturated carbocycles. The van der Waals surface area contributed by atoms with Gasteiger partial charge in [0.2, 0.25) is 0 Å². The summed E-state index contributed by atoms with van der Waals surface area (Å²) in [7, 11) is -3.14. The van der Waals surface area contributed by atoms with E-state index in [1.54, 1.807) is 0 Å². The maximum absolute atomic E-state index is 11.9. The fraction of sp³-hybridized carbons (Fsp3) is 0.800. The second-order valence-electron chi connectivity index (χ2n) is 4.93. The number of nitrogens with zero attached hydrogens (tertiary/aromatic N) is 1. The van der Waals surface area contributed by atoms with E-state index in [0.717, 1.165) is 0 Å². The summed E-state index contributed by atoms with van der Waals surface area (Å²) in [6.45, 7) is 3.78. The molecule has 0 aromatic carbocycles. The number of nitrogens with one attached hydrogen (secondary N) is 2. The predicted molar refractivity (Wildman–Crippen MR) is 64.5 cm³/mol. The van der Waals surface area contributed by atoms with Crippen LogP contribution in [0.15, 0.2) is 4.99 Å². The molecule has 96 valence electrons. The average molecular weight is 259 g/mol. The van der Waals surface area contributed by atoms with Crippen LogP contribution in [0, 0.1) is 0 Å². The maximum atomic E-state index is 11.9. The molecule has 2 N–H and O–H groups in total. The van der Waals surface area contributed by atoms with Crippen LogP contribution in [-0.4, -0.2) is 43.4 Å². The Morgan fingerprint density at radius 1 is 1.41 bits per heavy atom. The Hall–Kier alpha value is -1.11. The smallest absolute Gasteiger partial charge is 0.253 e. The molecule has 0 aromatic rings. The first-order valence-corrected chi connectivity index (χ1v) is 7.53. The fourth-order valence-corrected chi connectivity index (χ4v) is 4.08. The van der Waals surface area contributed by atoms with Crippen LogP contribution in [0.5, 0.6) is 0 Å². The van der Waals surface area contributed by atoms with Gasteiger partial charge in [0, 0.05) is 6.04 Å². The Bertz CT molecular complexity index is 469. The van der Waals surface area contributed by atoms with Gasteiger partial charge in [0.25, 0.3) is 5.91 Å². The van der Waals surface area contributed by atoms with Gasteiger partial charge in [-0.3, -0.25) is 15.1 Å². The molecule has 6 nitrogen and oxygen atoms in total. The average Bonchev–Trinajstić information content (AvgIpc) is 2.39. The van der Waals surface area contributed by atoms with Crippen molar-refractivity contribution in [1.82, 2.24) is 10.6 Å². The van der Waals surface area contributed by atoms with Crippen molar-refractivity contribution in [3.8, 4) is 0 Å². The van der Waals surface area contributed by atoms with Gasteiger partial charge in [-0.1, -0.05) is 0 Å². The van der Waals surface area contributed by atoms with Gasteiger partial charge >= 0.3 is 0 Å². The number of carbonyl (C=O) groups is 1. The predicted octanol–water partition coefficient (Wildman–Crippen LogP) is -0.582. The summed E-state index contributed by atoms with van der Waals surface area (Å²) in [5.41, 5.74) is -0.995. The van der Waals surface area contributed by atoms with E-state index in [4.69, 9.17) is 0 Å². The van der Waals surface area contributed by atoms with E-state index in [1.807, 2.05) is 13.8 Å². The molecule has 1 atom stereocenters. The second-order valence-corrected chi connectivity index (χ2v) is 7.11. The normalized spacial score (nSPS) is 34.1. The first kappa shape index (κ1) is 12.3. The highest BCUT2D eigenvalue weighted by Crippen LogP contribution is 2.25. The van der Waals surface area contributed by atoms with E-state index in [-0.39, 0.29) is 23.5 Å². The molecule has 0 aliphatic carbocycles. The van der Waals surface area contributed by atoms with Crippen LogP contribution in [0.25, 0.3) is 0 Å². The zero-order valence-electron chi connectivity index (χ0n) is 9.99. The number of aliphatic imine (C=N–C) groups is 1. The van der Waals surface area contributed by atoms with Gasteiger partial charge < -0.3 is 5.32 Å². The van der Waals surface area contributed by atoms with Gasteiger partial charge in [-0.2, -0.15) is 0 Å². The van der Waals surface area contributed by atoms with Crippen LogP contribution in [0.4, 0.5) is 0 Å². The molecule has 2 heterocycles. The van der Waals surface area contributed by atoms with Crippen molar-refractivity contribution in [2.45, 2.75) is 38.3 Å². The minimum Gasteiger partial charge on any atom is -0.341 e. The molecule has 2 aliphatic heterocycles. The molecule has 7 heteroatoms. The Morgan fingerprint density at radius 2 is 2.12 bits per heavy atom. The van der Waals surface area contributed by atoms with E-state index in [9.17, 15) is 13.2 Å². The lowest BCUT2D eigenvalue weighted by Crippen LogP contribution is -2.55. The Morgan fingerprint density at radius 3 is 2.71 bits per heavy atom. The van der Waals surface area contributed by atoms with Gasteiger partial charge in [0.15, 0.2) is 15.8 Å². The SMILES string of the molecule is CC(C)N=C1NC(=O)C2(CCCS(=O)(=O)C2)N1. The lowest BCUT2D eigenvalue weighted by Gasteiger charge is -2.30. The van der Waals surface area contributed by atoms with Gasteiger partial charge in [-0.05, 0) is 26.7 Å². The summed E-state index contributed by atoms with van der Waals surface area (Å²) in [6.07, 6.45) is 1.05. The van der Waals surface area contributed by atoms with Gasteiger partial charge in [-0.15, -0.1) is 0 Å². The maximum Gasteiger partial charge on any atom is 0.253 e. The summed E-state index contributed by atoms with van der Waals surface area (Å²) >= 11 is 0. The summed E-state index contributed by atoms with van der Waals surface area (Å²) in [5.74, 6) is 0.144. The van der Waals surface area contributed by atoms with E-state index < -0.39 is 15.4 Å². The first-order valence-electron chi connectivity index (χ1n) is 5.71. The number of carbonyl (C=O) groups excluding carboxylic acids is 1. The Kier molecular flexibility index (Phi) is 2.89. The molecule has 2 aliphatic rings. The molecule has 2 fully saturated rings. The minimum absolute atomic E-state index is 0.0492. The standard InChI is InChI=1S/C10H17N3O3S/c1-7(2)11-9-12-8(14)10(13-9)4-3-5-17(15,16)6-10/h7H,3-6H2,1-2H3,(H2,11,12,13,14). The number of rotatable bonds is 1. The van der Waals surface area contributed by atoms with Crippen LogP contribution in [0.1, 0.15) is 26.7 Å². The zero-order chi connectivity index (χ0) is 12.7. The van der Waals surface area contributed by atoms with Crippen LogP contribution in [-0.2, 0) is 14.6 Å². The highest BCUT2D eigenvalue weighted by atomic mass is 32.2. The molecule has 17 heavy (non-hydrogen) atoms. The highest BCUT2D eigenvalue weighted by molar-refractivity contribution is 7.91. The lowest BCUT2D eigenvalue weighted by molar-refractivity contribution is -0.123. The Labute approximate surface area is 101 Å². The lowest BCUT2D eigenvalue weighted by atomic mass is 9.96. The first-order chi connectivity index (χ1) is 7.83. The molecule has 2 saturated heterocycles. The molecular formula is C10H17N3O3S. The number of sulfone groups is 1. The number of hydrogen-bond donors (Lipinski definition) is 2. The zero-order valence-corrected chi connectivity index (χ0v) is 10.8. The third-order valence-corrected chi connectivity index (χ3v) is 4.78. The second kappa shape index (κ2) is 3.97. The monoisotopic (exact) mass is 259 g/mol. The van der Waals surface area contributed by atoms with Crippen LogP contribution >= 0.6 is 0 Å². The van der Waals surface area contributed by atoms with Gasteiger partial charge in [-0.25, -0.2) is 8.42 Å². The third kappa shape index (κ3) is 2.43. The van der Waals surface area contributed by atoms with Crippen molar-refractivity contribution in [2.24, 2.45) is 4.99 Å². The topological polar surface area (TPSA) is 87.6 Å². The van der Waals surface area contributed by atoms with Crippen molar-refractivity contribution in [2.75, 3.05) is 11.5 Å². The van der Waals surface area contributed by atoms with E-state index >= 15 is 0 Å². The largest absolute Gasteiger partial charge is 0.341 e. The van der Waals surface area contributed by atoms with Crippen molar-refractivity contribution in [1.29, 1.82) is 0 Å².